The Morgan fingerprint density at radius 3 is 1.56 bits per heavy atom. The van der Waals surface area contributed by atoms with Crippen molar-refractivity contribution in [1.29, 1.82) is 0 Å². The molecule has 0 saturated heterocycles. The number of carboxylic acid groups (broad SMARTS) is 1. The van der Waals surface area contributed by atoms with Gasteiger partial charge in [-0.15, -0.1) is 0 Å². The first-order valence-electron chi connectivity index (χ1n) is 21.5. The third-order valence-corrected chi connectivity index (χ3v) is 9.69. The van der Waals surface area contributed by atoms with Crippen molar-refractivity contribution in [2.24, 2.45) is 0 Å². The molecule has 6 aromatic heterocycles. The summed E-state index contributed by atoms with van der Waals surface area (Å²) in [5.41, 5.74) is 9.61. The summed E-state index contributed by atoms with van der Waals surface area (Å²) in [6.45, 7) is 6.04. The number of rotatable bonds is 12. The van der Waals surface area contributed by atoms with Crippen LogP contribution < -0.4 is 40.6 Å². The van der Waals surface area contributed by atoms with Crippen LogP contribution in [0.5, 0.6) is 0 Å². The van der Waals surface area contributed by atoms with E-state index in [-0.39, 0.29) is 53.6 Å². The van der Waals surface area contributed by atoms with Crippen molar-refractivity contribution in [3.05, 3.63) is 133 Å². The van der Waals surface area contributed by atoms with Crippen LogP contribution in [0.1, 0.15) is 41.7 Å². The van der Waals surface area contributed by atoms with E-state index >= 15 is 0 Å². The quantitative estimate of drug-likeness (QED) is 0.0231. The summed E-state index contributed by atoms with van der Waals surface area (Å²) in [5, 5.41) is 43.3. The standard InChI is InChI=1S/C13H12N4O2.C12H15N3O3.C11H8N4O2.C7H7N3.C4H6O3.Na.H2O/c1-2-19-13(18)11-7-14-8-17(11)12-9-5-3-4-6-10(9)15-16-12;1-3-18-12(16)11(17-2)13-10-8-6-4-5-7-9(8)14-15-10;16-11(17)9-5-12-6-15(9)10-7-3-1-2-4-8(7)13-14-10;8-7-5-3-1-2-4-6(5)9-10-7;1-2-7-4(6)3-5;;/h3-8H,2H2,1H3,(H,15,16);4-7,11H,3H2,1-2H3,(H2,13,14,15);1-6H,(H,13,14)(H,16,17);1-4H,(H3,8,9,10);3H,2H2,1H3;;1H2/q;;;;;+1;/p-1. The normalized spacial score (nSPS) is 10.5. The topological polar surface area (TPSA) is 361 Å². The van der Waals surface area contributed by atoms with Gasteiger partial charge < -0.3 is 40.6 Å². The molecule has 0 radical (unpaired) electrons. The number of carbonyl (C=O) groups is 5. The molecule has 0 aliphatic rings. The average Bonchev–Trinajstić information content (AvgIpc) is 4.27. The summed E-state index contributed by atoms with van der Waals surface area (Å²) in [5.74, 6) is -0.413. The van der Waals surface area contributed by atoms with Gasteiger partial charge in [-0.2, -0.15) is 20.4 Å². The first-order chi connectivity index (χ1) is 34.5. The van der Waals surface area contributed by atoms with Crippen molar-refractivity contribution < 1.29 is 83.1 Å². The Labute approximate surface area is 436 Å². The van der Waals surface area contributed by atoms with Crippen LogP contribution in [0.4, 0.5) is 11.6 Å². The Balaban J connectivity index is 0.000000204. The monoisotopic (exact) mass is 1010 g/mol. The zero-order valence-corrected chi connectivity index (χ0v) is 42.0. The predicted molar refractivity (Wildman–Crippen MR) is 262 cm³/mol. The van der Waals surface area contributed by atoms with Gasteiger partial charge in [-0.05, 0) is 69.3 Å². The van der Waals surface area contributed by atoms with Crippen LogP contribution in [0.25, 0.3) is 55.2 Å². The molecule has 0 spiro atoms. The predicted octanol–water partition coefficient (Wildman–Crippen LogP) is 2.60. The molecule has 0 fully saturated rings. The van der Waals surface area contributed by atoms with Gasteiger partial charge in [0.25, 0.3) is 0 Å². The molecule has 4 aromatic carbocycles. The molecule has 6 heterocycles. The fourth-order valence-electron chi connectivity index (χ4n) is 6.50. The van der Waals surface area contributed by atoms with Gasteiger partial charge in [0.15, 0.2) is 34.7 Å². The molecule has 1 unspecified atom stereocenters. The number of aromatic amines is 4. The number of H-pyrrole nitrogens is 4. The maximum Gasteiger partial charge on any atom is 1.00 e. The molecule has 0 aliphatic heterocycles. The Hall–Kier alpha value is -8.75. The minimum absolute atomic E-state index is 0. The van der Waals surface area contributed by atoms with Crippen molar-refractivity contribution in [3.63, 3.8) is 0 Å². The smallest absolute Gasteiger partial charge is 0.870 e. The van der Waals surface area contributed by atoms with Gasteiger partial charge in [-0.3, -0.25) is 34.3 Å². The minimum atomic E-state index is -1.03. The minimum Gasteiger partial charge on any atom is -0.870 e. The number of aromatic carboxylic acids is 1. The van der Waals surface area contributed by atoms with Crippen LogP contribution in [0.15, 0.2) is 122 Å². The zero-order chi connectivity index (χ0) is 50.7. The Morgan fingerprint density at radius 1 is 0.644 bits per heavy atom. The second-order valence-electron chi connectivity index (χ2n) is 14.2. The molecule has 26 heteroatoms. The molecule has 0 bridgehead atoms. The third-order valence-electron chi connectivity index (χ3n) is 9.69. The van der Waals surface area contributed by atoms with Crippen LogP contribution in [-0.2, 0) is 33.3 Å². The number of nitrogens with one attached hydrogen (secondary N) is 5. The summed E-state index contributed by atoms with van der Waals surface area (Å²) in [7, 11) is 1.43. The maximum atomic E-state index is 11.8. The summed E-state index contributed by atoms with van der Waals surface area (Å²) < 4.78 is 22.2. The van der Waals surface area contributed by atoms with Gasteiger partial charge in [0.2, 0.25) is 12.5 Å². The van der Waals surface area contributed by atoms with Crippen LogP contribution >= 0.6 is 0 Å². The third kappa shape index (κ3) is 14.4. The van der Waals surface area contributed by atoms with E-state index in [1.807, 2.05) is 97.1 Å². The average molecular weight is 1010 g/mol. The van der Waals surface area contributed by atoms with Crippen LogP contribution in [0.3, 0.4) is 0 Å². The molecule has 0 saturated carbocycles. The molecule has 73 heavy (non-hydrogen) atoms. The molecule has 10 rings (SSSR count). The van der Waals surface area contributed by atoms with Gasteiger partial charge in [0.05, 0.1) is 54.3 Å². The first-order valence-corrected chi connectivity index (χ1v) is 21.5. The van der Waals surface area contributed by atoms with Crippen molar-refractivity contribution in [3.8, 4) is 11.6 Å². The number of hydrogen-bond donors (Lipinski definition) is 7. The molecule has 374 valence electrons. The summed E-state index contributed by atoms with van der Waals surface area (Å²) in [6, 6.07) is 30.6. The van der Waals surface area contributed by atoms with Crippen LogP contribution in [0, 0.1) is 0 Å². The van der Waals surface area contributed by atoms with E-state index in [1.165, 1.54) is 30.4 Å². The van der Waals surface area contributed by atoms with E-state index in [0.717, 1.165) is 43.6 Å². The number of hydrogen-bond acceptors (Lipinski definition) is 18. The summed E-state index contributed by atoms with van der Waals surface area (Å²) in [6.07, 6.45) is 5.04. The SMILES string of the molecule is CCOC(=O)C(Nc1n[nH]c2ccccc12)OC.CCOC(=O)C=O.CCOC(=O)c1cncn1-c1n[nH]c2ccccc12.Nc1n[nH]c2ccccc12.O=C(O)c1cncn1-c1n[nH]c2ccccc12.[Na+].[OH-]. The number of carbonyl (C=O) groups excluding carboxylic acids is 4. The fourth-order valence-corrected chi connectivity index (χ4v) is 6.50. The number of anilines is 2. The number of nitrogens with zero attached hydrogens (tertiary/aromatic N) is 8. The van der Waals surface area contributed by atoms with Crippen molar-refractivity contribution in [1.82, 2.24) is 59.9 Å². The van der Waals surface area contributed by atoms with Gasteiger partial charge in [0, 0.05) is 28.7 Å². The van der Waals surface area contributed by atoms with Crippen molar-refractivity contribution >= 4 is 85.4 Å². The largest absolute Gasteiger partial charge is 1.00 e. The molecule has 25 nitrogen and oxygen atoms in total. The summed E-state index contributed by atoms with van der Waals surface area (Å²) >= 11 is 0. The zero-order valence-electron chi connectivity index (χ0n) is 40.0. The van der Waals surface area contributed by atoms with E-state index in [1.54, 1.807) is 31.7 Å². The fraction of sp³-hybridized carbons (Fsp3) is 0.170. The number of esters is 3. The Morgan fingerprint density at radius 2 is 1.08 bits per heavy atom. The Kier molecular flexibility index (Phi) is 21.9. The maximum absolute atomic E-state index is 11.8. The molecule has 0 amide bonds. The molecule has 1 atom stereocenters. The number of imidazole rings is 2. The second kappa shape index (κ2) is 28.2. The van der Waals surface area contributed by atoms with Gasteiger partial charge in [0.1, 0.15) is 12.7 Å². The molecule has 9 N–H and O–H groups in total. The number of methoxy groups -OCH3 is 1. The first kappa shape index (κ1) is 56.8. The molecule has 0 aliphatic carbocycles. The number of fused-ring (bicyclic) bond motifs is 4. The van der Waals surface area contributed by atoms with E-state index < -0.39 is 30.1 Å². The number of para-hydroxylation sites is 4. The molecule has 10 aromatic rings. The summed E-state index contributed by atoms with van der Waals surface area (Å²) in [4.78, 5) is 61.5. The van der Waals surface area contributed by atoms with Gasteiger partial charge >= 0.3 is 53.4 Å². The number of nitrogens with two attached hydrogens (primary N) is 1. The van der Waals surface area contributed by atoms with Gasteiger partial charge in [-0.1, -0.05) is 48.5 Å². The van der Waals surface area contributed by atoms with Crippen molar-refractivity contribution in [2.75, 3.05) is 38.0 Å². The van der Waals surface area contributed by atoms with Gasteiger partial charge in [-0.25, -0.2) is 29.1 Å². The number of benzene rings is 4. The number of ether oxygens (including phenoxy) is 4. The van der Waals surface area contributed by atoms with Crippen molar-refractivity contribution in [2.45, 2.75) is 27.0 Å². The van der Waals surface area contributed by atoms with E-state index in [9.17, 15) is 24.0 Å². The van der Waals surface area contributed by atoms with E-state index in [2.05, 4.69) is 60.8 Å². The Bertz CT molecular complexity index is 3360. The molecular formula is C47H49N14NaO11. The number of nitrogen functional groups attached to an aromatic ring is 1. The number of carboxylic acids is 1. The number of aldehydes is 1. The second-order valence-corrected chi connectivity index (χ2v) is 14.2. The van der Waals surface area contributed by atoms with Crippen LogP contribution in [0.2, 0.25) is 0 Å². The molecular weight excluding hydrogens is 960 g/mol. The van der Waals surface area contributed by atoms with E-state index in [4.69, 9.17) is 25.1 Å². The van der Waals surface area contributed by atoms with E-state index in [0.29, 0.717) is 42.2 Å². The number of aromatic nitrogens is 12. The van der Waals surface area contributed by atoms with Crippen LogP contribution in [-0.4, -0.2) is 134 Å².